The number of amides is 1. The SMILES string of the molecule is Cc1cccc(N([C@@H](C)C(=O)N(C)Cc2nc(-c3cccs3)no2)S(C)(=O)=O)c1. The van der Waals surface area contributed by atoms with Crippen LogP contribution >= 0.6 is 11.3 Å². The van der Waals surface area contributed by atoms with E-state index >= 15 is 0 Å². The van der Waals surface area contributed by atoms with Crippen molar-refractivity contribution >= 4 is 33.0 Å². The van der Waals surface area contributed by atoms with Crippen molar-refractivity contribution in [2.75, 3.05) is 17.6 Å². The molecule has 2 aromatic heterocycles. The first-order valence-electron chi connectivity index (χ1n) is 8.84. The number of aromatic nitrogens is 2. The number of benzene rings is 1. The van der Waals surface area contributed by atoms with Crippen molar-refractivity contribution < 1.29 is 17.7 Å². The fraction of sp³-hybridized carbons (Fsp3) is 0.316. The minimum Gasteiger partial charge on any atom is -0.337 e. The number of aryl methyl sites for hydroxylation is 1. The molecule has 0 saturated heterocycles. The Balaban J connectivity index is 1.78. The molecule has 1 aromatic carbocycles. The van der Waals surface area contributed by atoms with Crippen LogP contribution in [0.5, 0.6) is 0 Å². The molecule has 0 radical (unpaired) electrons. The number of sulfonamides is 1. The highest BCUT2D eigenvalue weighted by Gasteiger charge is 2.31. The summed E-state index contributed by atoms with van der Waals surface area (Å²) in [6.45, 7) is 3.50. The maximum atomic E-state index is 13.0. The minimum absolute atomic E-state index is 0.0764. The van der Waals surface area contributed by atoms with Crippen molar-refractivity contribution in [3.8, 4) is 10.7 Å². The second kappa shape index (κ2) is 8.34. The molecule has 0 unspecified atom stereocenters. The Morgan fingerprint density at radius 3 is 2.66 bits per heavy atom. The van der Waals surface area contributed by atoms with E-state index in [0.29, 0.717) is 11.5 Å². The molecule has 3 aromatic rings. The van der Waals surface area contributed by atoms with Gasteiger partial charge in [0.1, 0.15) is 6.04 Å². The average molecular weight is 435 g/mol. The van der Waals surface area contributed by atoms with Gasteiger partial charge in [-0.2, -0.15) is 4.98 Å². The molecule has 10 heteroatoms. The van der Waals surface area contributed by atoms with Gasteiger partial charge in [0.15, 0.2) is 0 Å². The molecule has 8 nitrogen and oxygen atoms in total. The van der Waals surface area contributed by atoms with Crippen LogP contribution in [0.1, 0.15) is 18.4 Å². The molecule has 0 aliphatic heterocycles. The van der Waals surface area contributed by atoms with Crippen molar-refractivity contribution in [1.29, 1.82) is 0 Å². The predicted octanol–water partition coefficient (Wildman–Crippen LogP) is 2.92. The van der Waals surface area contributed by atoms with Crippen LogP contribution in [0.25, 0.3) is 10.7 Å². The Labute approximate surface area is 173 Å². The van der Waals surface area contributed by atoms with Crippen LogP contribution in [0.15, 0.2) is 46.3 Å². The summed E-state index contributed by atoms with van der Waals surface area (Å²) in [7, 11) is -2.10. The zero-order chi connectivity index (χ0) is 21.2. The molecule has 154 valence electrons. The highest BCUT2D eigenvalue weighted by molar-refractivity contribution is 7.92. The van der Waals surface area contributed by atoms with E-state index in [1.165, 1.54) is 16.2 Å². The van der Waals surface area contributed by atoms with Crippen LogP contribution in [0.4, 0.5) is 5.69 Å². The van der Waals surface area contributed by atoms with Crippen LogP contribution in [0.3, 0.4) is 0 Å². The van der Waals surface area contributed by atoms with E-state index in [1.807, 2.05) is 30.5 Å². The predicted molar refractivity (Wildman–Crippen MR) is 112 cm³/mol. The standard InChI is InChI=1S/C19H22N4O4S2/c1-13-7-5-8-15(11-13)23(29(4,25)26)14(2)19(24)22(3)12-17-20-18(21-27-17)16-9-6-10-28-16/h5-11,14H,12H2,1-4H3/t14-/m0/s1. The first-order valence-corrected chi connectivity index (χ1v) is 11.6. The fourth-order valence-corrected chi connectivity index (χ4v) is 4.80. The van der Waals surface area contributed by atoms with Crippen LogP contribution < -0.4 is 4.31 Å². The molecule has 0 fully saturated rings. The van der Waals surface area contributed by atoms with Gasteiger partial charge in [-0.1, -0.05) is 23.4 Å². The summed E-state index contributed by atoms with van der Waals surface area (Å²) >= 11 is 1.49. The lowest BCUT2D eigenvalue weighted by atomic mass is 10.2. The Bertz CT molecular complexity index is 1090. The number of rotatable bonds is 7. The van der Waals surface area contributed by atoms with Crippen LogP contribution in [0, 0.1) is 6.92 Å². The van der Waals surface area contributed by atoms with Gasteiger partial charge in [0, 0.05) is 7.05 Å². The summed E-state index contributed by atoms with van der Waals surface area (Å²) in [5, 5.41) is 5.84. The van der Waals surface area contributed by atoms with Crippen LogP contribution in [-0.2, 0) is 21.4 Å². The molecule has 3 rings (SSSR count). The first-order chi connectivity index (χ1) is 13.7. The summed E-state index contributed by atoms with van der Waals surface area (Å²) < 4.78 is 31.2. The largest absolute Gasteiger partial charge is 0.337 e. The number of likely N-dealkylation sites (N-methyl/N-ethyl adjacent to an activating group) is 1. The van der Waals surface area contributed by atoms with Gasteiger partial charge in [-0.05, 0) is 43.0 Å². The number of hydrogen-bond donors (Lipinski definition) is 0. The number of nitrogens with zero attached hydrogens (tertiary/aromatic N) is 4. The maximum Gasteiger partial charge on any atom is 0.246 e. The minimum atomic E-state index is -3.68. The van der Waals surface area contributed by atoms with E-state index in [1.54, 1.807) is 32.2 Å². The van der Waals surface area contributed by atoms with Gasteiger partial charge in [-0.25, -0.2) is 8.42 Å². The molecule has 0 saturated carbocycles. The number of carbonyl (C=O) groups is 1. The van der Waals surface area contributed by atoms with Gasteiger partial charge in [0.25, 0.3) is 0 Å². The molecule has 0 aliphatic rings. The Hall–Kier alpha value is -2.72. The summed E-state index contributed by atoms with van der Waals surface area (Å²) in [6, 6.07) is 9.86. The smallest absolute Gasteiger partial charge is 0.246 e. The monoisotopic (exact) mass is 434 g/mol. The summed E-state index contributed by atoms with van der Waals surface area (Å²) in [6.07, 6.45) is 1.09. The van der Waals surface area contributed by atoms with Crippen molar-refractivity contribution in [3.63, 3.8) is 0 Å². The number of thiophene rings is 1. The van der Waals surface area contributed by atoms with Gasteiger partial charge >= 0.3 is 0 Å². The third-order valence-corrected chi connectivity index (χ3v) is 6.39. The molecular weight excluding hydrogens is 412 g/mol. The Morgan fingerprint density at radius 2 is 2.03 bits per heavy atom. The molecule has 1 atom stereocenters. The second-order valence-electron chi connectivity index (χ2n) is 6.76. The van der Waals surface area contributed by atoms with Gasteiger partial charge in [0.05, 0.1) is 23.4 Å². The molecule has 0 spiro atoms. The molecule has 0 N–H and O–H groups in total. The number of hydrogen-bond acceptors (Lipinski definition) is 7. The highest BCUT2D eigenvalue weighted by Crippen LogP contribution is 2.24. The maximum absolute atomic E-state index is 13.0. The number of anilines is 1. The highest BCUT2D eigenvalue weighted by atomic mass is 32.2. The zero-order valence-corrected chi connectivity index (χ0v) is 18.2. The van der Waals surface area contributed by atoms with Crippen molar-refractivity contribution in [2.24, 2.45) is 0 Å². The van der Waals surface area contributed by atoms with E-state index < -0.39 is 16.1 Å². The normalized spacial score (nSPS) is 12.6. The number of carbonyl (C=O) groups excluding carboxylic acids is 1. The van der Waals surface area contributed by atoms with Crippen LogP contribution in [-0.4, -0.2) is 48.7 Å². The van der Waals surface area contributed by atoms with Crippen molar-refractivity contribution in [3.05, 3.63) is 53.2 Å². The zero-order valence-electron chi connectivity index (χ0n) is 16.6. The van der Waals surface area contributed by atoms with E-state index in [9.17, 15) is 13.2 Å². The van der Waals surface area contributed by atoms with Gasteiger partial charge in [-0.3, -0.25) is 9.10 Å². The third-order valence-electron chi connectivity index (χ3n) is 4.28. The van der Waals surface area contributed by atoms with Gasteiger partial charge in [-0.15, -0.1) is 11.3 Å². The van der Waals surface area contributed by atoms with Crippen LogP contribution in [0.2, 0.25) is 0 Å². The molecule has 0 aliphatic carbocycles. The van der Waals surface area contributed by atoms with E-state index in [0.717, 1.165) is 21.0 Å². The molecule has 2 heterocycles. The van der Waals surface area contributed by atoms with Crippen molar-refractivity contribution in [1.82, 2.24) is 15.0 Å². The van der Waals surface area contributed by atoms with E-state index in [2.05, 4.69) is 10.1 Å². The van der Waals surface area contributed by atoms with Gasteiger partial charge < -0.3 is 9.42 Å². The van der Waals surface area contributed by atoms with E-state index in [-0.39, 0.29) is 18.3 Å². The summed E-state index contributed by atoms with van der Waals surface area (Å²) in [4.78, 5) is 19.5. The fourth-order valence-electron chi connectivity index (χ4n) is 2.99. The molecule has 29 heavy (non-hydrogen) atoms. The topological polar surface area (TPSA) is 96.6 Å². The Morgan fingerprint density at radius 1 is 1.28 bits per heavy atom. The third kappa shape index (κ3) is 4.83. The molecular formula is C19H22N4O4S2. The Kier molecular flexibility index (Phi) is 6.04. The summed E-state index contributed by atoms with van der Waals surface area (Å²) in [5.74, 6) is 0.354. The average Bonchev–Trinajstić information content (AvgIpc) is 3.31. The lowest BCUT2D eigenvalue weighted by Gasteiger charge is -2.30. The van der Waals surface area contributed by atoms with E-state index in [4.69, 9.17) is 4.52 Å². The summed E-state index contributed by atoms with van der Waals surface area (Å²) in [5.41, 5.74) is 1.34. The second-order valence-corrected chi connectivity index (χ2v) is 9.56. The first kappa shape index (κ1) is 21.0. The molecule has 1 amide bonds. The molecule has 0 bridgehead atoms. The van der Waals surface area contributed by atoms with Gasteiger partial charge in [0.2, 0.25) is 27.6 Å². The van der Waals surface area contributed by atoms with Crippen molar-refractivity contribution in [2.45, 2.75) is 26.4 Å². The quantitative estimate of drug-likeness (QED) is 0.567. The lowest BCUT2D eigenvalue weighted by molar-refractivity contribution is -0.131. The lowest BCUT2D eigenvalue weighted by Crippen LogP contribution is -2.48.